The predicted molar refractivity (Wildman–Crippen MR) is 128 cm³/mol. The molecule has 1 heterocycles. The number of fused-ring (bicyclic) bond motifs is 2. The summed E-state index contributed by atoms with van der Waals surface area (Å²) in [6, 6.07) is 0. The maximum absolute atomic E-state index is 12.6. The summed E-state index contributed by atoms with van der Waals surface area (Å²) in [4.78, 5) is 24.8. The van der Waals surface area contributed by atoms with Gasteiger partial charge in [0.1, 0.15) is 12.6 Å². The lowest BCUT2D eigenvalue weighted by Gasteiger charge is -2.55. The summed E-state index contributed by atoms with van der Waals surface area (Å²) in [5, 5.41) is 7.33. The highest BCUT2D eigenvalue weighted by molar-refractivity contribution is 5.60. The van der Waals surface area contributed by atoms with Crippen LogP contribution >= 0.6 is 0 Å². The Hall–Kier alpha value is -1.45. The maximum Gasteiger partial charge on any atom is 0.124 e. The minimum atomic E-state index is -0.160. The number of aromatic nitrogens is 2. The Bertz CT molecular complexity index is 816. The van der Waals surface area contributed by atoms with E-state index in [1.165, 1.54) is 50.4 Å². The Balaban J connectivity index is 1.55. The number of nitrogens with zero attached hydrogens (tertiary/aromatic N) is 1. The molecule has 4 rings (SSSR count). The third-order valence-corrected chi connectivity index (χ3v) is 10.4. The van der Waals surface area contributed by atoms with Crippen molar-refractivity contribution in [2.45, 2.75) is 92.4 Å². The van der Waals surface area contributed by atoms with Gasteiger partial charge in [-0.05, 0) is 84.5 Å². The number of H-pyrrole nitrogens is 1. The van der Waals surface area contributed by atoms with Gasteiger partial charge < -0.3 is 9.59 Å². The highest BCUT2D eigenvalue weighted by Crippen LogP contribution is 2.64. The van der Waals surface area contributed by atoms with E-state index in [0.29, 0.717) is 5.92 Å². The minimum Gasteiger partial charge on any atom is -0.303 e. The molecule has 0 aliphatic heterocycles. The van der Waals surface area contributed by atoms with Gasteiger partial charge in [0.15, 0.2) is 0 Å². The molecule has 0 radical (unpaired) electrons. The molecule has 32 heavy (non-hydrogen) atoms. The maximum atomic E-state index is 12.6. The summed E-state index contributed by atoms with van der Waals surface area (Å²) >= 11 is 0. The molecular weight excluding hydrogens is 396 g/mol. The number of aromatic amines is 1. The van der Waals surface area contributed by atoms with E-state index in [-0.39, 0.29) is 28.6 Å². The van der Waals surface area contributed by atoms with Gasteiger partial charge in [-0.15, -0.1) is 0 Å². The van der Waals surface area contributed by atoms with Gasteiger partial charge in [0.05, 0.1) is 6.20 Å². The van der Waals surface area contributed by atoms with Crippen molar-refractivity contribution in [3.05, 3.63) is 17.5 Å². The van der Waals surface area contributed by atoms with Crippen molar-refractivity contribution in [2.75, 3.05) is 0 Å². The van der Waals surface area contributed by atoms with Crippen LogP contribution in [-0.4, -0.2) is 22.8 Å². The lowest BCUT2D eigenvalue weighted by atomic mass is 9.48. The van der Waals surface area contributed by atoms with Crippen LogP contribution in [0.25, 0.3) is 0 Å². The number of hydrogen-bond acceptors (Lipinski definition) is 3. The summed E-state index contributed by atoms with van der Waals surface area (Å²) in [6.07, 6.45) is 14.6. The topological polar surface area (TPSA) is 62.8 Å². The molecule has 0 spiro atoms. The smallest absolute Gasteiger partial charge is 0.124 e. The van der Waals surface area contributed by atoms with Crippen LogP contribution < -0.4 is 0 Å². The molecule has 4 heteroatoms. The molecular formula is C28H44N2O2. The minimum absolute atomic E-state index is 0.0422. The standard InChI is InChI=1S/C28H44N2O2/c1-18(2)7-6-8-19(3)23-9-10-24-22(17-32)25(11-12-27(23,24)4)28(5)14-20-15-29-30-26(20)13-21(28)16-31/h15-19,21-25H,6-14H2,1-5H3,(H,29,30)/t19?,21-,22+,23-,24+,25+,27-,28+/m1/s1. The van der Waals surface area contributed by atoms with Crippen molar-refractivity contribution < 1.29 is 9.59 Å². The molecule has 0 aromatic carbocycles. The SMILES string of the molecule is CC(C)CCCC(C)[C@H]1CC[C@H]2[C@H](C=O)[C@@H]([C@@]3(C)Cc4cn[nH]c4C[C@@H]3C=O)CC[C@]12C. The highest BCUT2D eigenvalue weighted by Gasteiger charge is 2.59. The molecule has 1 aromatic rings. The average Bonchev–Trinajstić information content (AvgIpc) is 3.34. The summed E-state index contributed by atoms with van der Waals surface area (Å²) in [5.74, 6) is 3.01. The van der Waals surface area contributed by atoms with Crippen LogP contribution in [0.15, 0.2) is 6.20 Å². The Labute approximate surface area is 194 Å². The van der Waals surface area contributed by atoms with Gasteiger partial charge in [-0.25, -0.2) is 0 Å². The first-order chi connectivity index (χ1) is 15.2. The number of nitrogens with one attached hydrogen (secondary N) is 1. The van der Waals surface area contributed by atoms with Gasteiger partial charge in [-0.3, -0.25) is 5.10 Å². The quantitative estimate of drug-likeness (QED) is 0.501. The van der Waals surface area contributed by atoms with E-state index < -0.39 is 0 Å². The second kappa shape index (κ2) is 9.06. The van der Waals surface area contributed by atoms with Crippen LogP contribution in [0, 0.1) is 52.3 Å². The van der Waals surface area contributed by atoms with Gasteiger partial charge in [0.25, 0.3) is 0 Å². The van der Waals surface area contributed by atoms with E-state index in [1.807, 2.05) is 6.20 Å². The number of carbonyl (C=O) groups excluding carboxylic acids is 2. The van der Waals surface area contributed by atoms with Gasteiger partial charge in [0, 0.05) is 17.5 Å². The monoisotopic (exact) mass is 440 g/mol. The Morgan fingerprint density at radius 1 is 1.06 bits per heavy atom. The van der Waals surface area contributed by atoms with E-state index in [0.717, 1.165) is 49.0 Å². The first-order valence-corrected chi connectivity index (χ1v) is 13.2. The van der Waals surface area contributed by atoms with E-state index in [1.54, 1.807) is 0 Å². The molecule has 1 aromatic heterocycles. The zero-order valence-corrected chi connectivity index (χ0v) is 20.9. The van der Waals surface area contributed by atoms with Crippen LogP contribution in [-0.2, 0) is 22.4 Å². The molecule has 2 fully saturated rings. The number of aldehydes is 2. The lowest BCUT2D eigenvalue weighted by molar-refractivity contribution is -0.132. The molecule has 3 aliphatic carbocycles. The normalized spacial score (nSPS) is 40.0. The summed E-state index contributed by atoms with van der Waals surface area (Å²) in [7, 11) is 0. The first kappa shape index (κ1) is 23.7. The van der Waals surface area contributed by atoms with Crippen molar-refractivity contribution in [1.82, 2.24) is 10.2 Å². The van der Waals surface area contributed by atoms with Crippen molar-refractivity contribution in [3.63, 3.8) is 0 Å². The third kappa shape index (κ3) is 3.90. The molecule has 4 nitrogen and oxygen atoms in total. The molecule has 1 unspecified atom stereocenters. The van der Waals surface area contributed by atoms with Crippen LogP contribution in [0.5, 0.6) is 0 Å². The summed E-state index contributed by atoms with van der Waals surface area (Å²) in [6.45, 7) is 11.9. The molecule has 0 bridgehead atoms. The number of rotatable bonds is 8. The largest absolute Gasteiger partial charge is 0.303 e. The zero-order valence-electron chi connectivity index (χ0n) is 20.9. The van der Waals surface area contributed by atoms with E-state index in [4.69, 9.17) is 0 Å². The third-order valence-electron chi connectivity index (χ3n) is 10.4. The molecule has 1 N–H and O–H groups in total. The summed E-state index contributed by atoms with van der Waals surface area (Å²) in [5.41, 5.74) is 2.46. The van der Waals surface area contributed by atoms with Crippen LogP contribution in [0.3, 0.4) is 0 Å². The Morgan fingerprint density at radius 2 is 1.81 bits per heavy atom. The molecule has 3 aliphatic rings. The second-order valence-electron chi connectivity index (χ2n) is 12.5. The average molecular weight is 441 g/mol. The van der Waals surface area contributed by atoms with Gasteiger partial charge in [-0.1, -0.05) is 53.9 Å². The van der Waals surface area contributed by atoms with E-state index in [2.05, 4.69) is 44.8 Å². The van der Waals surface area contributed by atoms with Crippen molar-refractivity contribution in [2.24, 2.45) is 52.3 Å². The molecule has 2 saturated carbocycles. The molecule has 0 saturated heterocycles. The number of carbonyl (C=O) groups is 2. The fourth-order valence-electron chi connectivity index (χ4n) is 8.45. The molecule has 8 atom stereocenters. The van der Waals surface area contributed by atoms with Crippen molar-refractivity contribution >= 4 is 12.6 Å². The Morgan fingerprint density at radius 3 is 2.50 bits per heavy atom. The highest BCUT2D eigenvalue weighted by atomic mass is 16.1. The van der Waals surface area contributed by atoms with Crippen LogP contribution in [0.1, 0.15) is 90.8 Å². The van der Waals surface area contributed by atoms with E-state index >= 15 is 0 Å². The zero-order chi connectivity index (χ0) is 23.1. The number of hydrogen-bond donors (Lipinski definition) is 1. The fourth-order valence-corrected chi connectivity index (χ4v) is 8.45. The van der Waals surface area contributed by atoms with Crippen molar-refractivity contribution in [3.8, 4) is 0 Å². The first-order valence-electron chi connectivity index (χ1n) is 13.2. The van der Waals surface area contributed by atoms with Gasteiger partial charge in [-0.2, -0.15) is 5.10 Å². The van der Waals surface area contributed by atoms with Gasteiger partial charge in [0.2, 0.25) is 0 Å². The van der Waals surface area contributed by atoms with Crippen LogP contribution in [0.2, 0.25) is 0 Å². The lowest BCUT2D eigenvalue weighted by Crippen LogP contribution is -2.52. The fraction of sp³-hybridized carbons (Fsp3) is 0.821. The van der Waals surface area contributed by atoms with Crippen molar-refractivity contribution in [1.29, 1.82) is 0 Å². The summed E-state index contributed by atoms with van der Waals surface area (Å²) < 4.78 is 0. The second-order valence-corrected chi connectivity index (χ2v) is 12.5. The van der Waals surface area contributed by atoms with Gasteiger partial charge >= 0.3 is 0 Å². The van der Waals surface area contributed by atoms with Crippen LogP contribution in [0.4, 0.5) is 0 Å². The Kier molecular flexibility index (Phi) is 6.71. The molecule has 0 amide bonds. The molecule has 178 valence electrons. The van der Waals surface area contributed by atoms with E-state index in [9.17, 15) is 9.59 Å². The predicted octanol–water partition coefficient (Wildman–Crippen LogP) is 6.05.